The highest BCUT2D eigenvalue weighted by Crippen LogP contribution is 2.26. The number of nitrogens with one attached hydrogen (secondary N) is 2. The second-order valence-corrected chi connectivity index (χ2v) is 7.32. The molecule has 0 unspecified atom stereocenters. The average molecular weight is 396 g/mol. The molecule has 0 radical (unpaired) electrons. The van der Waals surface area contributed by atoms with Gasteiger partial charge in [-0.1, -0.05) is 26.0 Å². The first-order chi connectivity index (χ1) is 13.9. The Balaban J connectivity index is 1.95. The lowest BCUT2D eigenvalue weighted by atomic mass is 10.0. The fraction of sp³-hybridized carbons (Fsp3) is 0.286. The van der Waals surface area contributed by atoms with E-state index in [1.165, 1.54) is 0 Å². The molecule has 0 bridgehead atoms. The van der Waals surface area contributed by atoms with Crippen LogP contribution in [0.15, 0.2) is 42.6 Å². The van der Waals surface area contributed by atoms with Gasteiger partial charge in [-0.2, -0.15) is 0 Å². The molecule has 0 aliphatic heterocycles. The van der Waals surface area contributed by atoms with Crippen LogP contribution in [-0.2, 0) is 0 Å². The normalized spacial score (nSPS) is 12.2. The fourth-order valence-corrected chi connectivity index (χ4v) is 3.13. The number of rotatable bonds is 8. The molecule has 0 aliphatic carbocycles. The van der Waals surface area contributed by atoms with Gasteiger partial charge < -0.3 is 22.1 Å². The number of amides is 1. The molecular formula is C21H25FN6O. The van der Waals surface area contributed by atoms with Gasteiger partial charge in [0.1, 0.15) is 5.82 Å². The largest absolute Gasteiger partial charge is 0.365 e. The molecule has 3 aromatic rings. The summed E-state index contributed by atoms with van der Waals surface area (Å²) in [6, 6.07) is 10.3. The second kappa shape index (κ2) is 8.83. The van der Waals surface area contributed by atoms with Crippen LogP contribution in [0.5, 0.6) is 0 Å². The van der Waals surface area contributed by atoms with Crippen LogP contribution < -0.4 is 22.1 Å². The van der Waals surface area contributed by atoms with Crippen LogP contribution in [0.4, 0.5) is 21.7 Å². The van der Waals surface area contributed by atoms with Crippen molar-refractivity contribution in [3.05, 3.63) is 54.0 Å². The minimum absolute atomic E-state index is 0.0208. The molecule has 1 aromatic carbocycles. The molecule has 2 aromatic heterocycles. The first-order valence-corrected chi connectivity index (χ1v) is 9.46. The second-order valence-electron chi connectivity index (χ2n) is 7.32. The van der Waals surface area contributed by atoms with Gasteiger partial charge in [-0.15, -0.1) is 0 Å². The zero-order valence-electron chi connectivity index (χ0n) is 16.4. The minimum Gasteiger partial charge on any atom is -0.365 e. The molecule has 152 valence electrons. The maximum absolute atomic E-state index is 14.6. The zero-order chi connectivity index (χ0) is 21.0. The molecule has 0 spiro atoms. The van der Waals surface area contributed by atoms with E-state index in [1.54, 1.807) is 6.20 Å². The van der Waals surface area contributed by atoms with Gasteiger partial charge in [0, 0.05) is 29.9 Å². The van der Waals surface area contributed by atoms with Crippen LogP contribution in [0.25, 0.3) is 10.9 Å². The number of fused-ring (bicyclic) bond motifs is 1. The number of anilines is 3. The number of carbonyl (C=O) groups excluding carboxylic acids is 1. The van der Waals surface area contributed by atoms with E-state index < -0.39 is 11.7 Å². The van der Waals surface area contributed by atoms with Crippen molar-refractivity contribution >= 4 is 34.1 Å². The summed E-state index contributed by atoms with van der Waals surface area (Å²) in [4.78, 5) is 20.4. The van der Waals surface area contributed by atoms with E-state index in [2.05, 4.69) is 34.4 Å². The third-order valence-corrected chi connectivity index (χ3v) is 4.49. The Hall–Kier alpha value is -3.26. The van der Waals surface area contributed by atoms with Gasteiger partial charge in [0.15, 0.2) is 11.6 Å². The van der Waals surface area contributed by atoms with Gasteiger partial charge in [-0.25, -0.2) is 9.37 Å². The topological polar surface area (TPSA) is 119 Å². The summed E-state index contributed by atoms with van der Waals surface area (Å²) in [5, 5.41) is 7.06. The van der Waals surface area contributed by atoms with Crippen molar-refractivity contribution in [2.75, 3.05) is 17.2 Å². The Bertz CT molecular complexity index is 1020. The summed E-state index contributed by atoms with van der Waals surface area (Å²) in [6.07, 6.45) is 2.45. The van der Waals surface area contributed by atoms with E-state index >= 15 is 0 Å². The van der Waals surface area contributed by atoms with Gasteiger partial charge in [0.2, 0.25) is 0 Å². The standard InChI is InChI=1S/C21H25FN6O/c1-12(2)8-15(11-23)27-21-17(22)10-16(19(24)29)20(28-21)26-14-6-5-13-4-3-7-25-18(13)9-14/h3-7,9-10,12,15H,8,11,23H2,1-2H3,(H2,24,29)(H2,26,27,28)/t15-/m1/s1. The van der Waals surface area contributed by atoms with E-state index in [9.17, 15) is 9.18 Å². The van der Waals surface area contributed by atoms with Gasteiger partial charge in [-0.3, -0.25) is 9.78 Å². The molecule has 8 heteroatoms. The first-order valence-electron chi connectivity index (χ1n) is 9.46. The van der Waals surface area contributed by atoms with E-state index in [0.717, 1.165) is 23.4 Å². The maximum atomic E-state index is 14.6. The summed E-state index contributed by atoms with van der Waals surface area (Å²) in [7, 11) is 0. The predicted octanol–water partition coefficient (Wildman–Crippen LogP) is 3.40. The monoisotopic (exact) mass is 396 g/mol. The predicted molar refractivity (Wildman–Crippen MR) is 114 cm³/mol. The number of aromatic nitrogens is 2. The minimum atomic E-state index is -0.776. The summed E-state index contributed by atoms with van der Waals surface area (Å²) >= 11 is 0. The molecule has 3 rings (SSSR count). The van der Waals surface area contributed by atoms with E-state index in [0.29, 0.717) is 18.2 Å². The highest BCUT2D eigenvalue weighted by Gasteiger charge is 2.19. The van der Waals surface area contributed by atoms with E-state index in [1.807, 2.05) is 30.3 Å². The quantitative estimate of drug-likeness (QED) is 0.463. The number of carbonyl (C=O) groups is 1. The SMILES string of the molecule is CC(C)C[C@H](CN)Nc1nc(Nc2ccc3cccnc3c2)c(C(N)=O)cc1F. The highest BCUT2D eigenvalue weighted by molar-refractivity contribution is 5.99. The molecular weight excluding hydrogens is 371 g/mol. The Kier molecular flexibility index (Phi) is 6.23. The van der Waals surface area contributed by atoms with Crippen molar-refractivity contribution in [2.45, 2.75) is 26.3 Å². The fourth-order valence-electron chi connectivity index (χ4n) is 3.13. The van der Waals surface area contributed by atoms with Crippen LogP contribution in [0.1, 0.15) is 30.6 Å². The van der Waals surface area contributed by atoms with Gasteiger partial charge in [0.05, 0.1) is 11.1 Å². The molecule has 0 fully saturated rings. The van der Waals surface area contributed by atoms with Crippen molar-refractivity contribution < 1.29 is 9.18 Å². The lowest BCUT2D eigenvalue weighted by Gasteiger charge is -2.21. The summed E-state index contributed by atoms with van der Waals surface area (Å²) in [5.74, 6) is -0.870. The number of halogens is 1. The average Bonchev–Trinajstić information content (AvgIpc) is 2.69. The number of nitrogens with two attached hydrogens (primary N) is 2. The van der Waals surface area contributed by atoms with Crippen molar-refractivity contribution in [1.82, 2.24) is 9.97 Å². The van der Waals surface area contributed by atoms with E-state index in [4.69, 9.17) is 11.5 Å². The maximum Gasteiger partial charge on any atom is 0.252 e. The van der Waals surface area contributed by atoms with Crippen LogP contribution in [0, 0.1) is 11.7 Å². The Morgan fingerprint density at radius 3 is 2.69 bits per heavy atom. The van der Waals surface area contributed by atoms with Gasteiger partial charge >= 0.3 is 0 Å². The number of nitrogens with zero attached hydrogens (tertiary/aromatic N) is 2. The number of hydrogen-bond acceptors (Lipinski definition) is 6. The van der Waals surface area contributed by atoms with Crippen molar-refractivity contribution in [3.8, 4) is 0 Å². The highest BCUT2D eigenvalue weighted by atomic mass is 19.1. The molecule has 29 heavy (non-hydrogen) atoms. The molecule has 7 nitrogen and oxygen atoms in total. The van der Waals surface area contributed by atoms with Crippen molar-refractivity contribution in [3.63, 3.8) is 0 Å². The van der Waals surface area contributed by atoms with Crippen LogP contribution >= 0.6 is 0 Å². The number of hydrogen-bond donors (Lipinski definition) is 4. The van der Waals surface area contributed by atoms with Gasteiger partial charge in [0.25, 0.3) is 5.91 Å². The lowest BCUT2D eigenvalue weighted by Crippen LogP contribution is -2.31. The third kappa shape index (κ3) is 4.97. The van der Waals surface area contributed by atoms with Crippen LogP contribution in [-0.4, -0.2) is 28.5 Å². The lowest BCUT2D eigenvalue weighted by molar-refractivity contribution is 0.100. The Labute approximate surface area is 168 Å². The van der Waals surface area contributed by atoms with Gasteiger partial charge in [-0.05, 0) is 36.6 Å². The molecule has 1 amide bonds. The Morgan fingerprint density at radius 1 is 1.21 bits per heavy atom. The molecule has 6 N–H and O–H groups in total. The smallest absolute Gasteiger partial charge is 0.252 e. The summed E-state index contributed by atoms with van der Waals surface area (Å²) in [6.45, 7) is 4.45. The van der Waals surface area contributed by atoms with E-state index in [-0.39, 0.29) is 23.2 Å². The number of primary amides is 1. The van der Waals surface area contributed by atoms with Crippen LogP contribution in [0.2, 0.25) is 0 Å². The first kappa shape index (κ1) is 20.5. The number of benzene rings is 1. The summed E-state index contributed by atoms with van der Waals surface area (Å²) < 4.78 is 14.6. The van der Waals surface area contributed by atoms with Crippen LogP contribution in [0.3, 0.4) is 0 Å². The molecule has 2 heterocycles. The van der Waals surface area contributed by atoms with Crippen molar-refractivity contribution in [2.24, 2.45) is 17.4 Å². The molecule has 0 aliphatic rings. The van der Waals surface area contributed by atoms with Crippen molar-refractivity contribution in [1.29, 1.82) is 0 Å². The zero-order valence-corrected chi connectivity index (χ0v) is 16.4. The Morgan fingerprint density at radius 2 is 2.00 bits per heavy atom. The molecule has 0 saturated heterocycles. The third-order valence-electron chi connectivity index (χ3n) is 4.49. The number of pyridine rings is 2. The molecule has 1 atom stereocenters. The summed E-state index contributed by atoms with van der Waals surface area (Å²) in [5.41, 5.74) is 12.6. The molecule has 0 saturated carbocycles.